The summed E-state index contributed by atoms with van der Waals surface area (Å²) < 4.78 is 34.0. The number of amides is 1. The number of benzene rings is 1. The van der Waals surface area contributed by atoms with Crippen LogP contribution in [0.1, 0.15) is 29.1 Å². The first-order valence-electron chi connectivity index (χ1n) is 9.02. The standard InChI is InChI=1S/C19H22Cl2N2O4S2/c1-12-9-23(10-13(2)27-12)29(25,26)17-8-14(4-6-16(17)20)19(24)22(3)11-15-5-7-18(21)28-15/h4-8,12-13H,9-11H2,1-3H3/t12-,13-/m1/s1. The average Bonchev–Trinajstić information content (AvgIpc) is 3.05. The third kappa shape index (κ3) is 5.13. The van der Waals surface area contributed by atoms with Crippen molar-refractivity contribution >= 4 is 50.5 Å². The van der Waals surface area contributed by atoms with Crippen molar-refractivity contribution in [3.05, 3.63) is 50.1 Å². The third-order valence-electron chi connectivity index (χ3n) is 4.55. The van der Waals surface area contributed by atoms with Crippen LogP contribution in [0.4, 0.5) is 0 Å². The maximum Gasteiger partial charge on any atom is 0.253 e. The Balaban J connectivity index is 1.86. The minimum Gasteiger partial charge on any atom is -0.373 e. The third-order valence-corrected chi connectivity index (χ3v) is 8.08. The number of hydrogen-bond donors (Lipinski definition) is 0. The summed E-state index contributed by atoms with van der Waals surface area (Å²) in [6.07, 6.45) is -0.443. The molecule has 1 aromatic heterocycles. The van der Waals surface area contributed by atoms with Gasteiger partial charge in [0.1, 0.15) is 4.90 Å². The van der Waals surface area contributed by atoms with Gasteiger partial charge in [-0.3, -0.25) is 4.79 Å². The van der Waals surface area contributed by atoms with Crippen molar-refractivity contribution in [3.8, 4) is 0 Å². The summed E-state index contributed by atoms with van der Waals surface area (Å²) in [5.41, 5.74) is 0.257. The predicted molar refractivity (Wildman–Crippen MR) is 115 cm³/mol. The molecule has 1 fully saturated rings. The van der Waals surface area contributed by atoms with E-state index in [4.69, 9.17) is 27.9 Å². The van der Waals surface area contributed by atoms with Gasteiger partial charge in [-0.25, -0.2) is 8.42 Å². The monoisotopic (exact) mass is 476 g/mol. The normalized spacial score (nSPS) is 20.6. The number of thiophene rings is 1. The molecule has 6 nitrogen and oxygen atoms in total. The molecule has 1 amide bonds. The second-order valence-electron chi connectivity index (χ2n) is 7.09. The first-order chi connectivity index (χ1) is 13.6. The van der Waals surface area contributed by atoms with Gasteiger partial charge in [-0.05, 0) is 44.2 Å². The van der Waals surface area contributed by atoms with E-state index >= 15 is 0 Å². The van der Waals surface area contributed by atoms with Crippen molar-refractivity contribution in [1.29, 1.82) is 0 Å². The SMILES string of the molecule is C[C@@H]1CN(S(=O)(=O)c2cc(C(=O)N(C)Cc3ccc(Cl)s3)ccc2Cl)C[C@@H](C)O1. The second kappa shape index (κ2) is 8.91. The lowest BCUT2D eigenvalue weighted by Gasteiger charge is -2.34. The Kier molecular flexibility index (Phi) is 6.92. The van der Waals surface area contributed by atoms with E-state index in [1.54, 1.807) is 13.1 Å². The summed E-state index contributed by atoms with van der Waals surface area (Å²) in [5, 5.41) is 0.0843. The summed E-state index contributed by atoms with van der Waals surface area (Å²) in [5.74, 6) is -0.300. The van der Waals surface area contributed by atoms with E-state index in [-0.39, 0.29) is 46.7 Å². The maximum atomic E-state index is 13.2. The number of sulfonamides is 1. The highest BCUT2D eigenvalue weighted by atomic mass is 35.5. The average molecular weight is 477 g/mol. The number of carbonyl (C=O) groups excluding carboxylic acids is 1. The van der Waals surface area contributed by atoms with Crippen LogP contribution in [0, 0.1) is 0 Å². The quantitative estimate of drug-likeness (QED) is 0.650. The molecule has 0 aliphatic carbocycles. The van der Waals surface area contributed by atoms with E-state index in [9.17, 15) is 13.2 Å². The van der Waals surface area contributed by atoms with Crippen molar-refractivity contribution in [2.45, 2.75) is 37.5 Å². The molecule has 1 aliphatic heterocycles. The van der Waals surface area contributed by atoms with Gasteiger partial charge in [-0.1, -0.05) is 23.2 Å². The van der Waals surface area contributed by atoms with Gasteiger partial charge in [0.15, 0.2) is 0 Å². The molecule has 10 heteroatoms. The minimum absolute atomic E-state index is 0.0705. The zero-order valence-corrected chi connectivity index (χ0v) is 19.4. The van der Waals surface area contributed by atoms with Gasteiger partial charge in [0.2, 0.25) is 10.0 Å². The summed E-state index contributed by atoms with van der Waals surface area (Å²) in [6, 6.07) is 7.96. The lowest BCUT2D eigenvalue weighted by molar-refractivity contribution is -0.0440. The van der Waals surface area contributed by atoms with Crippen LogP contribution in [-0.2, 0) is 21.3 Å². The first kappa shape index (κ1) is 22.5. The highest BCUT2D eigenvalue weighted by Gasteiger charge is 2.34. The van der Waals surface area contributed by atoms with Crippen molar-refractivity contribution in [1.82, 2.24) is 9.21 Å². The van der Waals surface area contributed by atoms with E-state index in [0.717, 1.165) is 4.88 Å². The van der Waals surface area contributed by atoms with E-state index in [2.05, 4.69) is 0 Å². The Hall–Kier alpha value is -1.16. The summed E-state index contributed by atoms with van der Waals surface area (Å²) >= 11 is 13.6. The van der Waals surface area contributed by atoms with Gasteiger partial charge < -0.3 is 9.64 Å². The number of morpholine rings is 1. The molecule has 0 unspecified atom stereocenters. The van der Waals surface area contributed by atoms with Gasteiger partial charge >= 0.3 is 0 Å². The minimum atomic E-state index is -3.86. The molecule has 158 valence electrons. The summed E-state index contributed by atoms with van der Waals surface area (Å²) in [4.78, 5) is 15.2. The zero-order valence-electron chi connectivity index (χ0n) is 16.3. The van der Waals surface area contributed by atoms with Crippen LogP contribution in [0.5, 0.6) is 0 Å². The van der Waals surface area contributed by atoms with E-state index < -0.39 is 10.0 Å². The van der Waals surface area contributed by atoms with Crippen molar-refractivity contribution in [2.75, 3.05) is 20.1 Å². The van der Waals surface area contributed by atoms with E-state index in [1.165, 1.54) is 38.7 Å². The second-order valence-corrected chi connectivity index (χ2v) is 11.2. The van der Waals surface area contributed by atoms with E-state index in [1.807, 2.05) is 19.9 Å². The zero-order chi connectivity index (χ0) is 21.3. The number of rotatable bonds is 5. The molecular weight excluding hydrogens is 455 g/mol. The molecule has 1 aliphatic rings. The van der Waals surface area contributed by atoms with Gasteiger partial charge in [0, 0.05) is 30.6 Å². The van der Waals surface area contributed by atoms with Crippen molar-refractivity contribution in [3.63, 3.8) is 0 Å². The molecule has 29 heavy (non-hydrogen) atoms. The molecule has 3 rings (SSSR count). The molecule has 0 N–H and O–H groups in total. The lowest BCUT2D eigenvalue weighted by atomic mass is 10.2. The van der Waals surface area contributed by atoms with Crippen LogP contribution in [0.3, 0.4) is 0 Å². The molecule has 2 heterocycles. The van der Waals surface area contributed by atoms with Crippen molar-refractivity contribution < 1.29 is 17.9 Å². The summed E-state index contributed by atoms with van der Waals surface area (Å²) in [6.45, 7) is 4.50. The molecule has 1 saturated heterocycles. The lowest BCUT2D eigenvalue weighted by Crippen LogP contribution is -2.48. The molecule has 0 saturated carbocycles. The van der Waals surface area contributed by atoms with Crippen LogP contribution >= 0.6 is 34.5 Å². The molecule has 0 radical (unpaired) electrons. The fourth-order valence-corrected chi connectivity index (χ4v) is 6.49. The smallest absolute Gasteiger partial charge is 0.253 e. The number of ether oxygens (including phenoxy) is 1. The Morgan fingerprint density at radius 3 is 2.45 bits per heavy atom. The Morgan fingerprint density at radius 1 is 1.21 bits per heavy atom. The first-order valence-corrected chi connectivity index (χ1v) is 12.0. The van der Waals surface area contributed by atoms with Crippen LogP contribution in [0.25, 0.3) is 0 Å². The highest BCUT2D eigenvalue weighted by Crippen LogP contribution is 2.29. The predicted octanol–water partition coefficient (Wildman–Crippen LogP) is 4.13. The fourth-order valence-electron chi connectivity index (χ4n) is 3.26. The number of halogens is 2. The Bertz CT molecular complexity index is 999. The maximum absolute atomic E-state index is 13.2. The molecule has 0 bridgehead atoms. The van der Waals surface area contributed by atoms with Gasteiger partial charge in [0.25, 0.3) is 5.91 Å². The van der Waals surface area contributed by atoms with E-state index in [0.29, 0.717) is 10.9 Å². The molecule has 1 aromatic carbocycles. The van der Waals surface area contributed by atoms with Gasteiger partial charge in [-0.15, -0.1) is 11.3 Å². The summed E-state index contributed by atoms with van der Waals surface area (Å²) in [7, 11) is -2.20. The topological polar surface area (TPSA) is 66.9 Å². The number of nitrogens with zero attached hydrogens (tertiary/aromatic N) is 2. The van der Waals surface area contributed by atoms with Gasteiger partial charge in [-0.2, -0.15) is 4.31 Å². The molecular formula is C19H22Cl2N2O4S2. The van der Waals surface area contributed by atoms with Crippen molar-refractivity contribution in [2.24, 2.45) is 0 Å². The highest BCUT2D eigenvalue weighted by molar-refractivity contribution is 7.89. The largest absolute Gasteiger partial charge is 0.373 e. The van der Waals surface area contributed by atoms with Crippen LogP contribution in [0.15, 0.2) is 35.2 Å². The fraction of sp³-hybridized carbons (Fsp3) is 0.421. The van der Waals surface area contributed by atoms with Crippen LogP contribution < -0.4 is 0 Å². The number of carbonyl (C=O) groups is 1. The molecule has 2 aromatic rings. The molecule has 0 spiro atoms. The van der Waals surface area contributed by atoms with Crippen LogP contribution in [-0.4, -0.2) is 55.9 Å². The molecule has 2 atom stereocenters. The Labute approximate surface area is 185 Å². The van der Waals surface area contributed by atoms with Gasteiger partial charge in [0.05, 0.1) is 28.1 Å². The number of hydrogen-bond acceptors (Lipinski definition) is 5. The Morgan fingerprint density at radius 2 is 1.86 bits per heavy atom. The van der Waals surface area contributed by atoms with Crippen LogP contribution in [0.2, 0.25) is 9.36 Å².